The van der Waals surface area contributed by atoms with Gasteiger partial charge >= 0.3 is 0 Å². The van der Waals surface area contributed by atoms with Gasteiger partial charge in [-0.3, -0.25) is 16.0 Å². The smallest absolute Gasteiger partial charge is 0.123 e. The van der Waals surface area contributed by atoms with E-state index in [4.69, 9.17) is 5.84 Å². The number of nitrogens with zero attached hydrogens (tertiary/aromatic N) is 2. The summed E-state index contributed by atoms with van der Waals surface area (Å²) < 4.78 is 16.0. The zero-order chi connectivity index (χ0) is 14.7. The monoisotopic (exact) mass is 340 g/mol. The van der Waals surface area contributed by atoms with Crippen LogP contribution in [0, 0.1) is 5.82 Å². The lowest BCUT2D eigenvalue weighted by molar-refractivity contribution is 0.543. The molecule has 1 unspecified atom stereocenters. The third-order valence-corrected chi connectivity index (χ3v) is 4.05. The Hall–Kier alpha value is -1.24. The fourth-order valence-corrected chi connectivity index (χ4v) is 2.71. The molecule has 0 fully saturated rings. The molecule has 1 heterocycles. The van der Waals surface area contributed by atoms with Crippen LogP contribution in [0.2, 0.25) is 0 Å². The van der Waals surface area contributed by atoms with E-state index >= 15 is 0 Å². The number of halogens is 2. The van der Waals surface area contributed by atoms with E-state index in [1.165, 1.54) is 12.1 Å². The quantitative estimate of drug-likeness (QED) is 0.649. The van der Waals surface area contributed by atoms with Gasteiger partial charge in [-0.1, -0.05) is 22.9 Å². The first-order chi connectivity index (χ1) is 9.55. The molecule has 0 aliphatic carbocycles. The van der Waals surface area contributed by atoms with Crippen molar-refractivity contribution >= 4 is 15.9 Å². The van der Waals surface area contributed by atoms with Crippen molar-refractivity contribution in [2.75, 3.05) is 0 Å². The molecule has 1 aromatic heterocycles. The lowest BCUT2D eigenvalue weighted by Gasteiger charge is -2.17. The van der Waals surface area contributed by atoms with Crippen molar-refractivity contribution in [2.45, 2.75) is 25.8 Å². The van der Waals surface area contributed by atoms with Gasteiger partial charge < -0.3 is 0 Å². The number of nitrogens with one attached hydrogen (secondary N) is 1. The molecule has 1 aromatic carbocycles. The van der Waals surface area contributed by atoms with Crippen LogP contribution in [-0.4, -0.2) is 9.78 Å². The van der Waals surface area contributed by atoms with Gasteiger partial charge in [0.2, 0.25) is 0 Å². The molecule has 2 rings (SSSR count). The molecule has 0 aliphatic rings. The van der Waals surface area contributed by atoms with Crippen molar-refractivity contribution in [2.24, 2.45) is 12.9 Å². The van der Waals surface area contributed by atoms with Crippen LogP contribution in [0.15, 0.2) is 28.9 Å². The Morgan fingerprint density at radius 2 is 2.25 bits per heavy atom. The molecular formula is C14H18BrFN4. The van der Waals surface area contributed by atoms with Crippen LogP contribution in [0.4, 0.5) is 4.39 Å². The molecule has 0 radical (unpaired) electrons. The van der Waals surface area contributed by atoms with E-state index in [0.29, 0.717) is 6.42 Å². The van der Waals surface area contributed by atoms with Crippen LogP contribution in [0.1, 0.15) is 29.8 Å². The maximum atomic E-state index is 13.4. The minimum absolute atomic E-state index is 0.100. The second kappa shape index (κ2) is 6.47. The number of hydrazine groups is 1. The van der Waals surface area contributed by atoms with Gasteiger partial charge in [-0.05, 0) is 36.6 Å². The first-order valence-corrected chi connectivity index (χ1v) is 7.27. The molecule has 4 nitrogen and oxygen atoms in total. The number of aryl methyl sites for hydroxylation is 2. The van der Waals surface area contributed by atoms with Gasteiger partial charge in [0.15, 0.2) is 0 Å². The molecule has 0 amide bonds. The summed E-state index contributed by atoms with van der Waals surface area (Å²) >= 11 is 3.45. The maximum Gasteiger partial charge on any atom is 0.123 e. The fraction of sp³-hybridized carbons (Fsp3) is 0.357. The summed E-state index contributed by atoms with van der Waals surface area (Å²) in [6, 6.07) is 4.57. The third kappa shape index (κ3) is 3.26. The van der Waals surface area contributed by atoms with E-state index in [1.54, 1.807) is 10.7 Å². The van der Waals surface area contributed by atoms with Gasteiger partial charge in [0.25, 0.3) is 0 Å². The molecule has 0 saturated heterocycles. The summed E-state index contributed by atoms with van der Waals surface area (Å²) in [6.45, 7) is 2.05. The lowest BCUT2D eigenvalue weighted by Crippen LogP contribution is -2.30. The van der Waals surface area contributed by atoms with Gasteiger partial charge in [0.1, 0.15) is 5.82 Å². The van der Waals surface area contributed by atoms with Crippen LogP contribution in [-0.2, 0) is 19.9 Å². The van der Waals surface area contributed by atoms with E-state index in [-0.39, 0.29) is 11.9 Å². The van der Waals surface area contributed by atoms with Gasteiger partial charge in [-0.2, -0.15) is 5.10 Å². The van der Waals surface area contributed by atoms with Crippen molar-refractivity contribution < 1.29 is 4.39 Å². The highest BCUT2D eigenvalue weighted by molar-refractivity contribution is 9.10. The SMILES string of the molecule is CCc1nn(C)cc1C(Cc1cc(F)ccc1Br)NN. The first-order valence-electron chi connectivity index (χ1n) is 6.47. The molecule has 0 saturated carbocycles. The standard InChI is InChI=1S/C14H18BrFN4/c1-3-13-11(8-20(2)19-13)14(18-17)7-9-6-10(16)4-5-12(9)15/h4-6,8,14,18H,3,7,17H2,1-2H3. The Morgan fingerprint density at radius 1 is 1.50 bits per heavy atom. The van der Waals surface area contributed by atoms with E-state index < -0.39 is 0 Å². The molecular weight excluding hydrogens is 323 g/mol. The van der Waals surface area contributed by atoms with Crippen LogP contribution < -0.4 is 11.3 Å². The normalized spacial score (nSPS) is 12.7. The number of rotatable bonds is 5. The average Bonchev–Trinajstić information content (AvgIpc) is 2.80. The maximum absolute atomic E-state index is 13.4. The summed E-state index contributed by atoms with van der Waals surface area (Å²) in [5.41, 5.74) is 5.73. The minimum Gasteiger partial charge on any atom is -0.275 e. The van der Waals surface area contributed by atoms with Crippen molar-refractivity contribution in [1.29, 1.82) is 0 Å². The first kappa shape index (κ1) is 15.2. The topological polar surface area (TPSA) is 55.9 Å². The van der Waals surface area contributed by atoms with Crippen LogP contribution in [0.5, 0.6) is 0 Å². The third-order valence-electron chi connectivity index (χ3n) is 3.28. The largest absolute Gasteiger partial charge is 0.275 e. The average molecular weight is 341 g/mol. The van der Waals surface area contributed by atoms with Crippen molar-refractivity contribution in [3.8, 4) is 0 Å². The highest BCUT2D eigenvalue weighted by Crippen LogP contribution is 2.26. The number of nitrogens with two attached hydrogens (primary N) is 1. The van der Waals surface area contributed by atoms with Crippen LogP contribution >= 0.6 is 15.9 Å². The second-order valence-corrected chi connectivity index (χ2v) is 5.57. The highest BCUT2D eigenvalue weighted by Gasteiger charge is 2.18. The van der Waals surface area contributed by atoms with Crippen molar-refractivity contribution in [1.82, 2.24) is 15.2 Å². The number of hydrogen-bond donors (Lipinski definition) is 2. The van der Waals surface area contributed by atoms with E-state index in [1.807, 2.05) is 13.2 Å². The Labute approximate surface area is 126 Å². The highest BCUT2D eigenvalue weighted by atomic mass is 79.9. The summed E-state index contributed by atoms with van der Waals surface area (Å²) in [6.07, 6.45) is 3.38. The molecule has 0 aliphatic heterocycles. The molecule has 0 bridgehead atoms. The summed E-state index contributed by atoms with van der Waals surface area (Å²) in [5, 5.41) is 4.41. The van der Waals surface area contributed by atoms with Gasteiger partial charge in [-0.15, -0.1) is 0 Å². The zero-order valence-corrected chi connectivity index (χ0v) is 13.1. The van der Waals surface area contributed by atoms with Gasteiger partial charge in [0, 0.05) is 23.3 Å². The van der Waals surface area contributed by atoms with Crippen molar-refractivity contribution in [3.63, 3.8) is 0 Å². The Bertz CT molecular complexity index is 597. The summed E-state index contributed by atoms with van der Waals surface area (Å²) in [4.78, 5) is 0. The summed E-state index contributed by atoms with van der Waals surface area (Å²) in [7, 11) is 1.88. The molecule has 3 N–H and O–H groups in total. The number of aromatic nitrogens is 2. The van der Waals surface area contributed by atoms with Gasteiger partial charge in [0.05, 0.1) is 11.7 Å². The molecule has 20 heavy (non-hydrogen) atoms. The Balaban J connectivity index is 2.30. The minimum atomic E-state index is -0.249. The van der Waals surface area contributed by atoms with Crippen LogP contribution in [0.25, 0.3) is 0 Å². The predicted octanol–water partition coefficient (Wildman–Crippen LogP) is 2.63. The molecule has 1 atom stereocenters. The van der Waals surface area contributed by atoms with Crippen molar-refractivity contribution in [3.05, 3.63) is 51.5 Å². The Morgan fingerprint density at radius 3 is 2.90 bits per heavy atom. The second-order valence-electron chi connectivity index (χ2n) is 4.72. The van der Waals surface area contributed by atoms with E-state index in [2.05, 4.69) is 33.4 Å². The molecule has 6 heteroatoms. The number of benzene rings is 1. The van der Waals surface area contributed by atoms with Gasteiger partial charge in [-0.25, -0.2) is 4.39 Å². The summed E-state index contributed by atoms with van der Waals surface area (Å²) in [5.74, 6) is 5.43. The molecule has 2 aromatic rings. The van der Waals surface area contributed by atoms with Crippen LogP contribution in [0.3, 0.4) is 0 Å². The predicted molar refractivity (Wildman–Crippen MR) is 80.5 cm³/mol. The zero-order valence-electron chi connectivity index (χ0n) is 11.5. The van der Waals surface area contributed by atoms with E-state index in [9.17, 15) is 4.39 Å². The number of hydrogen-bond acceptors (Lipinski definition) is 3. The fourth-order valence-electron chi connectivity index (χ4n) is 2.30. The molecule has 0 spiro atoms. The molecule has 108 valence electrons. The lowest BCUT2D eigenvalue weighted by atomic mass is 9.99. The van der Waals surface area contributed by atoms with E-state index in [0.717, 1.165) is 27.7 Å². The Kier molecular flexibility index (Phi) is 4.91.